The van der Waals surface area contributed by atoms with Crippen LogP contribution in [0.15, 0.2) is 35.5 Å². The summed E-state index contributed by atoms with van der Waals surface area (Å²) < 4.78 is 16.2. The highest BCUT2D eigenvalue weighted by Gasteiger charge is 2.16. The van der Waals surface area contributed by atoms with Gasteiger partial charge in [0.05, 0.1) is 18.1 Å². The van der Waals surface area contributed by atoms with Crippen molar-refractivity contribution in [3.05, 3.63) is 35.9 Å². The Morgan fingerprint density at radius 2 is 2.00 bits per heavy atom. The van der Waals surface area contributed by atoms with Crippen LogP contribution in [0, 0.1) is 0 Å². The monoisotopic (exact) mass is 357 g/mol. The van der Waals surface area contributed by atoms with Crippen LogP contribution in [0.1, 0.15) is 5.56 Å². The van der Waals surface area contributed by atoms with E-state index in [-0.39, 0.29) is 6.79 Å². The number of aromatic amines is 1. The Morgan fingerprint density at radius 3 is 2.76 bits per heavy atom. The molecule has 0 atom stereocenters. The van der Waals surface area contributed by atoms with Crippen molar-refractivity contribution in [3.63, 3.8) is 0 Å². The molecule has 1 aromatic heterocycles. The summed E-state index contributed by atoms with van der Waals surface area (Å²) in [5.74, 6) is 3.15. The van der Waals surface area contributed by atoms with Crippen molar-refractivity contribution < 1.29 is 14.2 Å². The summed E-state index contributed by atoms with van der Waals surface area (Å²) in [6.07, 6.45) is 0. The summed E-state index contributed by atoms with van der Waals surface area (Å²) in [5, 5.41) is 0.867. The molecule has 7 heteroatoms. The third-order valence-corrected chi connectivity index (χ3v) is 5.01. The lowest BCUT2D eigenvalue weighted by atomic mass is 10.2. The molecule has 0 saturated heterocycles. The van der Waals surface area contributed by atoms with E-state index in [0.717, 1.165) is 39.2 Å². The molecule has 0 unspecified atom stereocenters. The number of aromatic nitrogens is 2. The van der Waals surface area contributed by atoms with E-state index in [2.05, 4.69) is 27.0 Å². The van der Waals surface area contributed by atoms with Gasteiger partial charge in [0.25, 0.3) is 0 Å². The summed E-state index contributed by atoms with van der Waals surface area (Å²) >= 11 is 1.66. The van der Waals surface area contributed by atoms with Crippen molar-refractivity contribution in [2.24, 2.45) is 0 Å². The number of thioether (sulfide) groups is 1. The molecule has 0 spiro atoms. The number of imidazole rings is 1. The Kier molecular flexibility index (Phi) is 4.09. The SMILES string of the molecule is COc1ccc(N(C)C)c(CSc2nc3cc4c(cc3[nH]2)OCO4)c1. The van der Waals surface area contributed by atoms with Crippen LogP contribution in [-0.2, 0) is 5.75 Å². The fourth-order valence-electron chi connectivity index (χ4n) is 2.83. The number of anilines is 1. The number of benzene rings is 2. The molecule has 3 aromatic rings. The molecule has 1 aliphatic rings. The number of ether oxygens (including phenoxy) is 3. The first-order valence-corrected chi connectivity index (χ1v) is 8.89. The molecule has 4 rings (SSSR count). The van der Waals surface area contributed by atoms with Gasteiger partial charge in [-0.2, -0.15) is 0 Å². The molecule has 1 aliphatic heterocycles. The average Bonchev–Trinajstić information content (AvgIpc) is 3.22. The maximum atomic E-state index is 5.42. The average molecular weight is 357 g/mol. The maximum Gasteiger partial charge on any atom is 0.231 e. The number of H-pyrrole nitrogens is 1. The van der Waals surface area contributed by atoms with E-state index >= 15 is 0 Å². The van der Waals surface area contributed by atoms with Gasteiger partial charge >= 0.3 is 0 Å². The van der Waals surface area contributed by atoms with Gasteiger partial charge in [0, 0.05) is 37.7 Å². The first-order valence-electron chi connectivity index (χ1n) is 7.90. The minimum absolute atomic E-state index is 0.271. The number of methoxy groups -OCH3 is 1. The molecule has 0 radical (unpaired) electrons. The van der Waals surface area contributed by atoms with E-state index < -0.39 is 0 Å². The highest BCUT2D eigenvalue weighted by molar-refractivity contribution is 7.98. The number of fused-ring (bicyclic) bond motifs is 2. The third kappa shape index (κ3) is 3.07. The van der Waals surface area contributed by atoms with Gasteiger partial charge in [-0.05, 0) is 23.8 Å². The van der Waals surface area contributed by atoms with Gasteiger partial charge in [-0.3, -0.25) is 0 Å². The largest absolute Gasteiger partial charge is 0.497 e. The van der Waals surface area contributed by atoms with E-state index in [4.69, 9.17) is 14.2 Å². The van der Waals surface area contributed by atoms with Crippen LogP contribution in [0.2, 0.25) is 0 Å². The molecule has 6 nitrogen and oxygen atoms in total. The van der Waals surface area contributed by atoms with Gasteiger partial charge in [0.2, 0.25) is 6.79 Å². The van der Waals surface area contributed by atoms with Crippen LogP contribution < -0.4 is 19.1 Å². The topological polar surface area (TPSA) is 59.6 Å². The second kappa shape index (κ2) is 6.40. The number of hydrogen-bond donors (Lipinski definition) is 1. The second-order valence-electron chi connectivity index (χ2n) is 5.94. The van der Waals surface area contributed by atoms with Crippen molar-refractivity contribution in [1.82, 2.24) is 9.97 Å². The summed E-state index contributed by atoms with van der Waals surface area (Å²) in [4.78, 5) is 10.1. The molecule has 2 aromatic carbocycles. The van der Waals surface area contributed by atoms with Crippen molar-refractivity contribution >= 4 is 28.5 Å². The lowest BCUT2D eigenvalue weighted by Crippen LogP contribution is -2.11. The van der Waals surface area contributed by atoms with Gasteiger partial charge in [0.15, 0.2) is 16.7 Å². The van der Waals surface area contributed by atoms with Gasteiger partial charge in [-0.25, -0.2) is 4.98 Å². The van der Waals surface area contributed by atoms with Gasteiger partial charge in [-0.1, -0.05) is 11.8 Å². The maximum absolute atomic E-state index is 5.42. The normalized spacial score (nSPS) is 12.6. The molecular weight excluding hydrogens is 338 g/mol. The molecule has 0 amide bonds. The Hall–Kier alpha value is -2.54. The van der Waals surface area contributed by atoms with Crippen molar-refractivity contribution in [1.29, 1.82) is 0 Å². The standard InChI is InChI=1S/C18H19N3O3S/c1-21(2)15-5-4-12(22-3)6-11(15)9-25-18-19-13-7-16-17(24-10-23-16)8-14(13)20-18/h4-8H,9-10H2,1-3H3,(H,19,20). The van der Waals surface area contributed by atoms with E-state index in [9.17, 15) is 0 Å². The van der Waals surface area contributed by atoms with Crippen molar-refractivity contribution in [2.45, 2.75) is 10.9 Å². The number of nitrogens with one attached hydrogen (secondary N) is 1. The van der Waals surface area contributed by atoms with Gasteiger partial charge in [0.1, 0.15) is 5.75 Å². The highest BCUT2D eigenvalue weighted by atomic mass is 32.2. The minimum atomic E-state index is 0.271. The van der Waals surface area contributed by atoms with E-state index in [1.807, 2.05) is 32.3 Å². The highest BCUT2D eigenvalue weighted by Crippen LogP contribution is 2.37. The second-order valence-corrected chi connectivity index (χ2v) is 6.91. The molecule has 25 heavy (non-hydrogen) atoms. The molecule has 0 saturated carbocycles. The first-order chi connectivity index (χ1) is 12.1. The fraction of sp³-hybridized carbons (Fsp3) is 0.278. The first kappa shape index (κ1) is 16.0. The van der Waals surface area contributed by atoms with E-state index in [1.165, 1.54) is 11.3 Å². The lowest BCUT2D eigenvalue weighted by Gasteiger charge is -2.18. The van der Waals surface area contributed by atoms with Gasteiger partial charge < -0.3 is 24.1 Å². The lowest BCUT2D eigenvalue weighted by molar-refractivity contribution is 0.174. The van der Waals surface area contributed by atoms with Crippen LogP contribution in [0.3, 0.4) is 0 Å². The number of rotatable bonds is 5. The zero-order valence-electron chi connectivity index (χ0n) is 14.3. The molecule has 2 heterocycles. The Bertz CT molecular complexity index is 882. The van der Waals surface area contributed by atoms with E-state index in [1.54, 1.807) is 18.9 Å². The van der Waals surface area contributed by atoms with Crippen molar-refractivity contribution in [3.8, 4) is 17.2 Å². The summed E-state index contributed by atoms with van der Waals surface area (Å²) in [6, 6.07) is 9.97. The van der Waals surface area contributed by atoms with Crippen LogP contribution in [-0.4, -0.2) is 38.0 Å². The van der Waals surface area contributed by atoms with Crippen LogP contribution in [0.5, 0.6) is 17.2 Å². The Balaban J connectivity index is 1.58. The van der Waals surface area contributed by atoms with Crippen LogP contribution in [0.25, 0.3) is 11.0 Å². The third-order valence-electron chi connectivity index (χ3n) is 4.09. The molecule has 130 valence electrons. The number of hydrogen-bond acceptors (Lipinski definition) is 6. The fourth-order valence-corrected chi connectivity index (χ4v) is 3.70. The molecule has 0 fully saturated rings. The summed E-state index contributed by atoms with van der Waals surface area (Å²) in [6.45, 7) is 0.271. The quantitative estimate of drug-likeness (QED) is 0.703. The smallest absolute Gasteiger partial charge is 0.231 e. The molecule has 1 N–H and O–H groups in total. The Morgan fingerprint density at radius 1 is 1.20 bits per heavy atom. The molecular formula is C18H19N3O3S. The zero-order chi connectivity index (χ0) is 17.4. The molecule has 0 bridgehead atoms. The number of nitrogens with zero attached hydrogens (tertiary/aromatic N) is 2. The predicted molar refractivity (Wildman–Crippen MR) is 99.1 cm³/mol. The van der Waals surface area contributed by atoms with Crippen LogP contribution in [0.4, 0.5) is 5.69 Å². The summed E-state index contributed by atoms with van der Waals surface area (Å²) in [5.41, 5.74) is 4.20. The predicted octanol–water partition coefficient (Wildman–Crippen LogP) is 3.66. The summed E-state index contributed by atoms with van der Waals surface area (Å²) in [7, 11) is 5.77. The van der Waals surface area contributed by atoms with Crippen molar-refractivity contribution in [2.75, 3.05) is 32.9 Å². The van der Waals surface area contributed by atoms with Crippen LogP contribution >= 0.6 is 11.8 Å². The van der Waals surface area contributed by atoms with Gasteiger partial charge in [-0.15, -0.1) is 0 Å². The van der Waals surface area contributed by atoms with E-state index in [0.29, 0.717) is 0 Å². The molecule has 0 aliphatic carbocycles. The zero-order valence-corrected chi connectivity index (χ0v) is 15.1. The Labute approximate surface area is 150 Å². The minimum Gasteiger partial charge on any atom is -0.497 e.